The molecule has 0 aliphatic carbocycles. The first-order chi connectivity index (χ1) is 4.77. The molecule has 0 rings (SSSR count). The summed E-state index contributed by atoms with van der Waals surface area (Å²) in [7, 11) is -4.43. The lowest BCUT2D eigenvalue weighted by Gasteiger charge is -2.21. The van der Waals surface area contributed by atoms with E-state index in [1.165, 1.54) is 6.92 Å². The Hall–Kier alpha value is -0.170. The molecule has 0 aromatic rings. The third-order valence-electron chi connectivity index (χ3n) is 1.04. The Bertz CT molecular complexity index is 209. The van der Waals surface area contributed by atoms with Gasteiger partial charge in [-0.15, -0.1) is 0 Å². The Kier molecular flexibility index (Phi) is 3.43. The largest absolute Gasteiger partial charge is 0.399 e. The second kappa shape index (κ2) is 3.48. The number of hydrogen-bond acceptors (Lipinski definition) is 4. The van der Waals surface area contributed by atoms with Crippen LogP contribution in [0.1, 0.15) is 26.7 Å². The predicted octanol–water partition coefficient (Wildman–Crippen LogP) is 0.281. The zero-order valence-corrected chi connectivity index (χ0v) is 7.39. The Balaban J connectivity index is 4.13. The summed E-state index contributed by atoms with van der Waals surface area (Å²) in [5.74, 6) is 0. The van der Waals surface area contributed by atoms with Crippen LogP contribution in [0, 0.1) is 0 Å². The van der Waals surface area contributed by atoms with Gasteiger partial charge in [0, 0.05) is 0 Å². The average Bonchev–Trinajstić information content (AvgIpc) is 1.55. The maximum Gasteiger partial charge on any atom is 0.399 e. The minimum absolute atomic E-state index is 0.368. The van der Waals surface area contributed by atoms with Gasteiger partial charge in [-0.05, 0) is 13.3 Å². The van der Waals surface area contributed by atoms with Crippen molar-refractivity contribution in [2.24, 2.45) is 5.73 Å². The van der Waals surface area contributed by atoms with Crippen LogP contribution in [-0.2, 0) is 14.6 Å². The average molecular weight is 183 g/mol. The van der Waals surface area contributed by atoms with E-state index >= 15 is 0 Å². The summed E-state index contributed by atoms with van der Waals surface area (Å²) in [5, 5.41) is 0. The fraction of sp³-hybridized carbons (Fsp3) is 1.00. The van der Waals surface area contributed by atoms with Gasteiger partial charge in [0.2, 0.25) is 0 Å². The van der Waals surface area contributed by atoms with Crippen LogP contribution in [0.4, 0.5) is 0 Å². The molecule has 0 aliphatic heterocycles. The lowest BCUT2D eigenvalue weighted by molar-refractivity contribution is 0.0777. The van der Waals surface area contributed by atoms with Crippen molar-refractivity contribution in [1.82, 2.24) is 0 Å². The molecular weight excluding hydrogens is 170 g/mol. The first-order valence-corrected chi connectivity index (χ1v) is 4.60. The summed E-state index contributed by atoms with van der Waals surface area (Å²) < 4.78 is 32.8. The Morgan fingerprint density at radius 2 is 2.09 bits per heavy atom. The SMILES string of the molecule is CCC[C@](C)(N)OS(=O)(=O)O. The van der Waals surface area contributed by atoms with E-state index in [-0.39, 0.29) is 0 Å². The van der Waals surface area contributed by atoms with Crippen LogP contribution in [0.5, 0.6) is 0 Å². The summed E-state index contributed by atoms with van der Waals surface area (Å²) in [6.07, 6.45) is 1.05. The van der Waals surface area contributed by atoms with Crippen LogP contribution in [0.15, 0.2) is 0 Å². The maximum absolute atomic E-state index is 10.2. The van der Waals surface area contributed by atoms with Gasteiger partial charge in [0.05, 0.1) is 0 Å². The van der Waals surface area contributed by atoms with Crippen molar-refractivity contribution in [3.63, 3.8) is 0 Å². The molecule has 0 radical (unpaired) electrons. The third kappa shape index (κ3) is 6.24. The Morgan fingerprint density at radius 1 is 1.64 bits per heavy atom. The first-order valence-electron chi connectivity index (χ1n) is 3.24. The molecule has 11 heavy (non-hydrogen) atoms. The Morgan fingerprint density at radius 3 is 2.36 bits per heavy atom. The molecule has 0 fully saturated rings. The van der Waals surface area contributed by atoms with Crippen molar-refractivity contribution >= 4 is 10.4 Å². The molecule has 5 nitrogen and oxygen atoms in total. The van der Waals surface area contributed by atoms with Gasteiger partial charge in [-0.3, -0.25) is 4.55 Å². The summed E-state index contributed by atoms with van der Waals surface area (Å²) in [6.45, 7) is 3.22. The van der Waals surface area contributed by atoms with E-state index in [2.05, 4.69) is 4.18 Å². The van der Waals surface area contributed by atoms with Crippen molar-refractivity contribution in [1.29, 1.82) is 0 Å². The standard InChI is InChI=1S/C5H13NO4S/c1-3-4-5(2,6)10-11(7,8)9/h3-4,6H2,1-2H3,(H,7,8,9)/t5-/m1/s1. The lowest BCUT2D eigenvalue weighted by Crippen LogP contribution is -2.40. The predicted molar refractivity (Wildman–Crippen MR) is 40.1 cm³/mol. The minimum Gasteiger partial charge on any atom is -0.303 e. The highest BCUT2D eigenvalue weighted by Crippen LogP contribution is 2.12. The van der Waals surface area contributed by atoms with Crippen LogP contribution >= 0.6 is 0 Å². The van der Waals surface area contributed by atoms with Gasteiger partial charge < -0.3 is 5.73 Å². The van der Waals surface area contributed by atoms with Gasteiger partial charge in [0.25, 0.3) is 0 Å². The van der Waals surface area contributed by atoms with E-state index in [9.17, 15) is 8.42 Å². The van der Waals surface area contributed by atoms with E-state index < -0.39 is 16.1 Å². The van der Waals surface area contributed by atoms with Crippen LogP contribution < -0.4 is 5.73 Å². The van der Waals surface area contributed by atoms with Gasteiger partial charge in [-0.1, -0.05) is 13.3 Å². The van der Waals surface area contributed by atoms with E-state index in [1.807, 2.05) is 6.92 Å². The molecular formula is C5H13NO4S. The highest BCUT2D eigenvalue weighted by Gasteiger charge is 2.24. The minimum atomic E-state index is -4.43. The molecule has 3 N–H and O–H groups in total. The molecule has 0 aliphatic rings. The normalized spacial score (nSPS) is 17.8. The summed E-state index contributed by atoms with van der Waals surface area (Å²) >= 11 is 0. The molecule has 0 saturated carbocycles. The first kappa shape index (κ1) is 10.8. The number of nitrogens with two attached hydrogens (primary N) is 1. The highest BCUT2D eigenvalue weighted by molar-refractivity contribution is 7.80. The van der Waals surface area contributed by atoms with Crippen molar-refractivity contribution in [2.75, 3.05) is 0 Å². The highest BCUT2D eigenvalue weighted by atomic mass is 32.3. The molecule has 0 bridgehead atoms. The van der Waals surface area contributed by atoms with E-state index in [4.69, 9.17) is 10.3 Å². The van der Waals surface area contributed by atoms with Crippen LogP contribution in [0.2, 0.25) is 0 Å². The third-order valence-corrected chi connectivity index (χ3v) is 1.63. The second-order valence-corrected chi connectivity index (χ2v) is 3.60. The number of rotatable bonds is 4. The van der Waals surface area contributed by atoms with Crippen molar-refractivity contribution < 1.29 is 17.2 Å². The fourth-order valence-corrected chi connectivity index (χ4v) is 1.34. The molecule has 68 valence electrons. The van der Waals surface area contributed by atoms with Gasteiger partial charge in [-0.25, -0.2) is 4.18 Å². The summed E-state index contributed by atoms with van der Waals surface area (Å²) in [6, 6.07) is 0. The van der Waals surface area contributed by atoms with Crippen molar-refractivity contribution in [2.45, 2.75) is 32.4 Å². The summed E-state index contributed by atoms with van der Waals surface area (Å²) in [4.78, 5) is 0. The molecule has 0 aromatic carbocycles. The molecule has 0 heterocycles. The molecule has 1 atom stereocenters. The van der Waals surface area contributed by atoms with Gasteiger partial charge in [0.15, 0.2) is 0 Å². The van der Waals surface area contributed by atoms with Gasteiger partial charge in [0.1, 0.15) is 5.72 Å². The maximum atomic E-state index is 10.2. The van der Waals surface area contributed by atoms with Crippen LogP contribution in [0.25, 0.3) is 0 Å². The van der Waals surface area contributed by atoms with Crippen molar-refractivity contribution in [3.05, 3.63) is 0 Å². The lowest BCUT2D eigenvalue weighted by atomic mass is 10.1. The van der Waals surface area contributed by atoms with Crippen molar-refractivity contribution in [3.8, 4) is 0 Å². The monoisotopic (exact) mass is 183 g/mol. The quantitative estimate of drug-likeness (QED) is 0.482. The molecule has 0 aromatic heterocycles. The molecule has 0 amide bonds. The van der Waals surface area contributed by atoms with Gasteiger partial charge >= 0.3 is 10.4 Å². The van der Waals surface area contributed by atoms with Crippen LogP contribution in [-0.4, -0.2) is 18.7 Å². The topological polar surface area (TPSA) is 89.6 Å². The van der Waals surface area contributed by atoms with Gasteiger partial charge in [-0.2, -0.15) is 8.42 Å². The smallest absolute Gasteiger partial charge is 0.303 e. The fourth-order valence-electron chi connectivity index (χ4n) is 0.779. The molecule has 0 unspecified atom stereocenters. The Labute approximate surface area is 66.5 Å². The van der Waals surface area contributed by atoms with Crippen LogP contribution in [0.3, 0.4) is 0 Å². The second-order valence-electron chi connectivity index (χ2n) is 2.57. The summed E-state index contributed by atoms with van der Waals surface area (Å²) in [5.41, 5.74) is 4.05. The molecule has 6 heteroatoms. The van der Waals surface area contributed by atoms with E-state index in [0.717, 1.165) is 0 Å². The van der Waals surface area contributed by atoms with E-state index in [0.29, 0.717) is 12.8 Å². The zero-order chi connectivity index (χ0) is 9.12. The molecule has 0 spiro atoms. The zero-order valence-electron chi connectivity index (χ0n) is 6.57. The van der Waals surface area contributed by atoms with E-state index in [1.54, 1.807) is 0 Å². The number of hydrogen-bond donors (Lipinski definition) is 2. The molecule has 0 saturated heterocycles.